The zero-order chi connectivity index (χ0) is 14.9. The number of ether oxygens (including phenoxy) is 2. The minimum absolute atomic E-state index is 0. The van der Waals surface area contributed by atoms with Gasteiger partial charge in [-0.25, -0.2) is 8.42 Å². The topological polar surface area (TPSA) is 67.9 Å². The van der Waals surface area contributed by atoms with Crippen LogP contribution in [0.4, 0.5) is 0 Å². The predicted molar refractivity (Wildman–Crippen MR) is 85.5 cm³/mol. The molecule has 1 N–H and O–H groups in total. The summed E-state index contributed by atoms with van der Waals surface area (Å²) in [6.07, 6.45) is 0.798. The molecule has 0 saturated carbocycles. The summed E-state index contributed by atoms with van der Waals surface area (Å²) in [5.41, 5.74) is 0. The van der Waals surface area contributed by atoms with Gasteiger partial charge in [0.2, 0.25) is 10.0 Å². The van der Waals surface area contributed by atoms with Crippen molar-refractivity contribution in [1.82, 2.24) is 9.62 Å². The van der Waals surface area contributed by atoms with Crippen LogP contribution < -0.4 is 14.8 Å². The largest absolute Gasteiger partial charge is 0.490 e. The Hall–Kier alpha value is -1.02. The van der Waals surface area contributed by atoms with Gasteiger partial charge < -0.3 is 14.8 Å². The van der Waals surface area contributed by atoms with E-state index in [-0.39, 0.29) is 23.3 Å². The van der Waals surface area contributed by atoms with Crippen LogP contribution in [0.15, 0.2) is 23.1 Å². The fourth-order valence-electron chi connectivity index (χ4n) is 2.57. The fourth-order valence-corrected chi connectivity index (χ4v) is 4.11. The molecule has 2 aliphatic rings. The highest BCUT2D eigenvalue weighted by Gasteiger charge is 2.29. The highest BCUT2D eigenvalue weighted by atomic mass is 35.5. The van der Waals surface area contributed by atoms with Gasteiger partial charge in [0.25, 0.3) is 0 Å². The molecule has 0 spiro atoms. The normalized spacial score (nSPS) is 22.5. The van der Waals surface area contributed by atoms with Gasteiger partial charge in [0.05, 0.1) is 18.1 Å². The van der Waals surface area contributed by atoms with E-state index < -0.39 is 10.0 Å². The van der Waals surface area contributed by atoms with Crippen LogP contribution in [0.25, 0.3) is 0 Å². The molecule has 22 heavy (non-hydrogen) atoms. The number of hydrogen-bond donors (Lipinski definition) is 1. The van der Waals surface area contributed by atoms with Crippen molar-refractivity contribution in [2.24, 2.45) is 0 Å². The van der Waals surface area contributed by atoms with E-state index in [2.05, 4.69) is 5.32 Å². The molecular formula is C14H21ClN2O4S. The summed E-state index contributed by atoms with van der Waals surface area (Å²) in [5, 5.41) is 3.24. The molecule has 1 atom stereocenters. The minimum atomic E-state index is -3.48. The first-order chi connectivity index (χ1) is 10.1. The molecule has 0 aromatic heterocycles. The van der Waals surface area contributed by atoms with Crippen LogP contribution in [0.2, 0.25) is 0 Å². The van der Waals surface area contributed by atoms with E-state index in [1.807, 2.05) is 6.92 Å². The van der Waals surface area contributed by atoms with E-state index in [1.165, 1.54) is 4.31 Å². The lowest BCUT2D eigenvalue weighted by atomic mass is 10.3. The van der Waals surface area contributed by atoms with E-state index in [1.54, 1.807) is 18.2 Å². The first-order valence-corrected chi connectivity index (χ1v) is 8.64. The zero-order valence-corrected chi connectivity index (χ0v) is 14.1. The van der Waals surface area contributed by atoms with Crippen LogP contribution in [0.1, 0.15) is 13.3 Å². The first kappa shape index (κ1) is 17.3. The van der Waals surface area contributed by atoms with Crippen molar-refractivity contribution in [3.05, 3.63) is 18.2 Å². The van der Waals surface area contributed by atoms with Crippen molar-refractivity contribution in [1.29, 1.82) is 0 Å². The molecule has 0 radical (unpaired) electrons. The third-order valence-corrected chi connectivity index (χ3v) is 5.55. The average Bonchev–Trinajstić information content (AvgIpc) is 2.71. The molecule has 1 aromatic rings. The van der Waals surface area contributed by atoms with Crippen LogP contribution in [-0.2, 0) is 10.0 Å². The maximum absolute atomic E-state index is 12.7. The number of hydrogen-bond acceptors (Lipinski definition) is 5. The van der Waals surface area contributed by atoms with Crippen molar-refractivity contribution in [3.8, 4) is 11.5 Å². The Bertz CT molecular complexity index is 623. The second-order valence-electron chi connectivity index (χ2n) is 5.38. The number of sulfonamides is 1. The van der Waals surface area contributed by atoms with Crippen molar-refractivity contribution in [2.45, 2.75) is 24.3 Å². The van der Waals surface area contributed by atoms with E-state index >= 15 is 0 Å². The van der Waals surface area contributed by atoms with Gasteiger partial charge in [-0.2, -0.15) is 4.31 Å². The van der Waals surface area contributed by atoms with Gasteiger partial charge in [0, 0.05) is 38.2 Å². The molecule has 1 aromatic carbocycles. The molecule has 1 saturated heterocycles. The molecule has 0 amide bonds. The predicted octanol–water partition coefficient (Wildman–Crippen LogP) is 1.25. The maximum Gasteiger partial charge on any atom is 0.243 e. The minimum Gasteiger partial charge on any atom is -0.490 e. The van der Waals surface area contributed by atoms with Crippen molar-refractivity contribution in [3.63, 3.8) is 0 Å². The number of rotatable bonds is 2. The lowest BCUT2D eigenvalue weighted by Gasteiger charge is -2.31. The van der Waals surface area contributed by atoms with Crippen LogP contribution in [0.3, 0.4) is 0 Å². The van der Waals surface area contributed by atoms with Gasteiger partial charge in [-0.1, -0.05) is 0 Å². The smallest absolute Gasteiger partial charge is 0.243 e. The molecule has 2 heterocycles. The summed E-state index contributed by atoms with van der Waals surface area (Å²) in [4.78, 5) is 0.265. The van der Waals surface area contributed by atoms with Crippen molar-refractivity contribution >= 4 is 22.4 Å². The summed E-state index contributed by atoms with van der Waals surface area (Å²) >= 11 is 0. The molecule has 0 aliphatic carbocycles. The first-order valence-electron chi connectivity index (χ1n) is 7.20. The molecule has 0 bridgehead atoms. The summed E-state index contributed by atoms with van der Waals surface area (Å²) in [6.45, 7) is 4.76. The molecule has 2 aliphatic heterocycles. The highest BCUT2D eigenvalue weighted by molar-refractivity contribution is 7.89. The number of halogens is 1. The summed E-state index contributed by atoms with van der Waals surface area (Å²) in [7, 11) is -3.48. The molecule has 1 fully saturated rings. The van der Waals surface area contributed by atoms with Gasteiger partial charge >= 0.3 is 0 Å². The monoisotopic (exact) mass is 348 g/mol. The summed E-state index contributed by atoms with van der Waals surface area (Å²) in [5.74, 6) is 1.12. The molecule has 3 rings (SSSR count). The third kappa shape index (κ3) is 3.48. The van der Waals surface area contributed by atoms with Gasteiger partial charge in [-0.3, -0.25) is 0 Å². The molecule has 124 valence electrons. The number of fused-ring (bicyclic) bond motifs is 1. The molecular weight excluding hydrogens is 328 g/mol. The van der Waals surface area contributed by atoms with Gasteiger partial charge in [-0.05, 0) is 19.1 Å². The Morgan fingerprint density at radius 1 is 1.23 bits per heavy atom. The Balaban J connectivity index is 0.00000176. The Morgan fingerprint density at radius 2 is 1.95 bits per heavy atom. The SMILES string of the molecule is C[C@@H]1CN(S(=O)(=O)c2ccc3c(c2)OCCCO3)CCN1.Cl. The van der Waals surface area contributed by atoms with E-state index in [0.717, 1.165) is 6.42 Å². The number of nitrogens with one attached hydrogen (secondary N) is 1. The lowest BCUT2D eigenvalue weighted by molar-refractivity contribution is 0.296. The second-order valence-corrected chi connectivity index (χ2v) is 7.32. The lowest BCUT2D eigenvalue weighted by Crippen LogP contribution is -2.51. The van der Waals surface area contributed by atoms with Crippen molar-refractivity contribution < 1.29 is 17.9 Å². The Kier molecular flexibility index (Phi) is 5.55. The fraction of sp³-hybridized carbons (Fsp3) is 0.571. The number of piperazine rings is 1. The van der Waals surface area contributed by atoms with E-state index in [0.29, 0.717) is 44.3 Å². The Labute approximate surface area is 137 Å². The summed E-state index contributed by atoms with van der Waals surface area (Å²) in [6, 6.07) is 5.01. The molecule has 0 unspecified atom stereocenters. The molecule has 6 nitrogen and oxygen atoms in total. The van der Waals surface area contributed by atoms with Gasteiger partial charge in [-0.15, -0.1) is 12.4 Å². The number of nitrogens with zero attached hydrogens (tertiary/aromatic N) is 1. The van der Waals surface area contributed by atoms with Crippen LogP contribution in [0, 0.1) is 0 Å². The van der Waals surface area contributed by atoms with Crippen molar-refractivity contribution in [2.75, 3.05) is 32.8 Å². The maximum atomic E-state index is 12.7. The quantitative estimate of drug-likeness (QED) is 0.871. The summed E-state index contributed by atoms with van der Waals surface area (Å²) < 4.78 is 38.0. The number of benzene rings is 1. The second kappa shape index (κ2) is 7.04. The van der Waals surface area contributed by atoms with Crippen LogP contribution in [0.5, 0.6) is 11.5 Å². The van der Waals surface area contributed by atoms with Gasteiger partial charge in [0.1, 0.15) is 0 Å². The van der Waals surface area contributed by atoms with E-state index in [4.69, 9.17) is 9.47 Å². The average molecular weight is 349 g/mol. The Morgan fingerprint density at radius 3 is 2.68 bits per heavy atom. The van der Waals surface area contributed by atoms with Gasteiger partial charge in [0.15, 0.2) is 11.5 Å². The standard InChI is InChI=1S/C14H20N2O4S.ClH/c1-11-10-16(6-5-15-11)21(17,18)12-3-4-13-14(9-12)20-8-2-7-19-13;/h3-4,9,11,15H,2,5-8,10H2,1H3;1H/t11-;/m1./s1. The highest BCUT2D eigenvalue weighted by Crippen LogP contribution is 2.33. The zero-order valence-electron chi connectivity index (χ0n) is 12.4. The van der Waals surface area contributed by atoms with E-state index in [9.17, 15) is 8.42 Å². The third-order valence-electron chi connectivity index (χ3n) is 3.69. The molecule has 8 heteroatoms. The van der Waals surface area contributed by atoms with Crippen LogP contribution >= 0.6 is 12.4 Å². The van der Waals surface area contributed by atoms with Crippen LogP contribution in [-0.4, -0.2) is 51.6 Å².